The molecule has 4 aromatic heterocycles. The maximum atomic E-state index is 5.85. The standard InChI is InChI=1S/C32H26N4O2/c1-17-15-33-27-19(17)7-5-9-21(27)25-13-11-23-29(35-25)30-24(32(38-4)31(23)37-3)12-14-26(36-30)22-10-6-8-20-18(2)16-34-28(20)22/h5-16,33-34H,1-4H3. The van der Waals surface area contributed by atoms with Crippen LogP contribution < -0.4 is 9.47 Å². The maximum Gasteiger partial charge on any atom is 0.170 e. The molecule has 0 aliphatic rings. The lowest BCUT2D eigenvalue weighted by Crippen LogP contribution is -1.98. The van der Waals surface area contributed by atoms with Gasteiger partial charge in [0.15, 0.2) is 11.5 Å². The molecule has 6 nitrogen and oxygen atoms in total. The predicted octanol–water partition coefficient (Wildman–Crippen LogP) is 7.71. The average molecular weight is 499 g/mol. The number of nitrogens with one attached hydrogen (secondary N) is 2. The first kappa shape index (κ1) is 22.4. The average Bonchev–Trinajstić information content (AvgIpc) is 3.54. The van der Waals surface area contributed by atoms with E-state index in [4.69, 9.17) is 19.4 Å². The number of ether oxygens (including phenoxy) is 2. The van der Waals surface area contributed by atoms with Crippen molar-refractivity contribution in [1.29, 1.82) is 0 Å². The van der Waals surface area contributed by atoms with E-state index in [1.165, 1.54) is 21.9 Å². The summed E-state index contributed by atoms with van der Waals surface area (Å²) >= 11 is 0. The third kappa shape index (κ3) is 3.13. The molecule has 0 atom stereocenters. The van der Waals surface area contributed by atoms with Gasteiger partial charge in [-0.3, -0.25) is 0 Å². The topological polar surface area (TPSA) is 75.8 Å². The lowest BCUT2D eigenvalue weighted by atomic mass is 10.0. The Morgan fingerprint density at radius 1 is 0.553 bits per heavy atom. The van der Waals surface area contributed by atoms with E-state index in [0.29, 0.717) is 11.5 Å². The van der Waals surface area contributed by atoms with Gasteiger partial charge in [-0.1, -0.05) is 36.4 Å². The minimum atomic E-state index is 0.652. The van der Waals surface area contributed by atoms with Crippen LogP contribution in [0.5, 0.6) is 11.5 Å². The molecule has 0 fully saturated rings. The zero-order chi connectivity index (χ0) is 26.0. The van der Waals surface area contributed by atoms with Crippen molar-refractivity contribution in [3.05, 3.63) is 84.2 Å². The second-order valence-electron chi connectivity index (χ2n) is 9.65. The number of aromatic amines is 2. The van der Waals surface area contributed by atoms with Crippen molar-refractivity contribution in [3.63, 3.8) is 0 Å². The summed E-state index contributed by atoms with van der Waals surface area (Å²) in [5.74, 6) is 1.30. The summed E-state index contributed by atoms with van der Waals surface area (Å²) in [6, 6.07) is 20.8. The molecular weight excluding hydrogens is 472 g/mol. The van der Waals surface area contributed by atoms with Crippen LogP contribution in [0, 0.1) is 13.8 Å². The molecule has 0 aliphatic heterocycles. The van der Waals surface area contributed by atoms with E-state index >= 15 is 0 Å². The quantitative estimate of drug-likeness (QED) is 0.244. The van der Waals surface area contributed by atoms with Gasteiger partial charge in [-0.2, -0.15) is 0 Å². The summed E-state index contributed by atoms with van der Waals surface area (Å²) in [7, 11) is 3.32. The fourth-order valence-electron chi connectivity index (χ4n) is 5.61. The normalized spacial score (nSPS) is 11.7. The Bertz CT molecular complexity index is 1890. The number of aryl methyl sites for hydroxylation is 2. The smallest absolute Gasteiger partial charge is 0.170 e. The van der Waals surface area contributed by atoms with E-state index in [2.05, 4.69) is 72.3 Å². The lowest BCUT2D eigenvalue weighted by molar-refractivity contribution is 0.362. The Kier molecular flexibility index (Phi) is 4.91. The van der Waals surface area contributed by atoms with E-state index in [0.717, 1.165) is 55.4 Å². The van der Waals surface area contributed by atoms with E-state index in [1.807, 2.05) is 24.5 Å². The first-order valence-corrected chi connectivity index (χ1v) is 12.6. The van der Waals surface area contributed by atoms with Crippen molar-refractivity contribution in [3.8, 4) is 34.0 Å². The molecule has 0 aliphatic carbocycles. The molecule has 0 saturated heterocycles. The van der Waals surface area contributed by atoms with Crippen LogP contribution >= 0.6 is 0 Å². The van der Waals surface area contributed by atoms with Crippen LogP contribution in [0.15, 0.2) is 73.1 Å². The van der Waals surface area contributed by atoms with Crippen LogP contribution in [0.4, 0.5) is 0 Å². The Hall–Kier alpha value is -4.84. The minimum Gasteiger partial charge on any atom is -0.492 e. The van der Waals surface area contributed by atoms with E-state index < -0.39 is 0 Å². The Morgan fingerprint density at radius 3 is 1.42 bits per heavy atom. The molecule has 7 rings (SSSR count). The van der Waals surface area contributed by atoms with Gasteiger partial charge < -0.3 is 19.4 Å². The van der Waals surface area contributed by atoms with Crippen molar-refractivity contribution in [2.24, 2.45) is 0 Å². The molecule has 0 bridgehead atoms. The van der Waals surface area contributed by atoms with Crippen molar-refractivity contribution in [2.75, 3.05) is 14.2 Å². The number of methoxy groups -OCH3 is 2. The number of H-pyrrole nitrogens is 2. The van der Waals surface area contributed by atoms with Crippen molar-refractivity contribution in [2.45, 2.75) is 13.8 Å². The number of nitrogens with zero attached hydrogens (tertiary/aromatic N) is 2. The molecule has 6 heteroatoms. The van der Waals surface area contributed by atoms with Crippen molar-refractivity contribution in [1.82, 2.24) is 19.9 Å². The molecule has 0 amide bonds. The molecule has 7 aromatic rings. The molecular formula is C32H26N4O2. The first-order chi connectivity index (χ1) is 18.6. The summed E-state index contributed by atoms with van der Waals surface area (Å²) < 4.78 is 11.7. The van der Waals surface area contributed by atoms with Gasteiger partial charge in [0, 0.05) is 45.1 Å². The molecule has 0 radical (unpaired) electrons. The van der Waals surface area contributed by atoms with Crippen LogP contribution in [0.1, 0.15) is 11.1 Å². The molecule has 0 saturated carbocycles. The highest BCUT2D eigenvalue weighted by molar-refractivity contribution is 6.12. The molecule has 4 heterocycles. The summed E-state index contributed by atoms with van der Waals surface area (Å²) in [5, 5.41) is 4.09. The van der Waals surface area contributed by atoms with Gasteiger partial charge in [0.05, 0.1) is 36.6 Å². The number of benzene rings is 3. The summed E-state index contributed by atoms with van der Waals surface area (Å²) in [5.41, 5.74) is 9.93. The summed E-state index contributed by atoms with van der Waals surface area (Å²) in [4.78, 5) is 17.2. The number of aromatic nitrogens is 4. The third-order valence-corrected chi connectivity index (χ3v) is 7.52. The summed E-state index contributed by atoms with van der Waals surface area (Å²) in [6.45, 7) is 4.22. The monoisotopic (exact) mass is 498 g/mol. The van der Waals surface area contributed by atoms with Crippen LogP contribution in [-0.4, -0.2) is 34.2 Å². The highest BCUT2D eigenvalue weighted by Gasteiger charge is 2.20. The lowest BCUT2D eigenvalue weighted by Gasteiger charge is -2.16. The number of pyridine rings is 2. The minimum absolute atomic E-state index is 0.652. The van der Waals surface area contributed by atoms with Crippen LogP contribution in [0.25, 0.3) is 66.1 Å². The highest BCUT2D eigenvalue weighted by atomic mass is 16.5. The predicted molar refractivity (Wildman–Crippen MR) is 154 cm³/mol. The number of hydrogen-bond donors (Lipinski definition) is 2. The zero-order valence-corrected chi connectivity index (χ0v) is 21.6. The van der Waals surface area contributed by atoms with E-state index in [-0.39, 0.29) is 0 Å². The van der Waals surface area contributed by atoms with Gasteiger partial charge >= 0.3 is 0 Å². The van der Waals surface area contributed by atoms with Gasteiger partial charge in [-0.15, -0.1) is 0 Å². The van der Waals surface area contributed by atoms with E-state index in [1.54, 1.807) is 14.2 Å². The fourth-order valence-corrected chi connectivity index (χ4v) is 5.61. The summed E-state index contributed by atoms with van der Waals surface area (Å²) in [6.07, 6.45) is 4.07. The molecule has 0 spiro atoms. The van der Waals surface area contributed by atoms with Crippen LogP contribution in [0.3, 0.4) is 0 Å². The maximum absolute atomic E-state index is 5.85. The van der Waals surface area contributed by atoms with E-state index in [9.17, 15) is 0 Å². The van der Waals surface area contributed by atoms with Gasteiger partial charge in [0.2, 0.25) is 0 Å². The second kappa shape index (κ2) is 8.35. The fraction of sp³-hybridized carbons (Fsp3) is 0.125. The second-order valence-corrected chi connectivity index (χ2v) is 9.65. The van der Waals surface area contributed by atoms with Gasteiger partial charge in [0.25, 0.3) is 0 Å². The Morgan fingerprint density at radius 2 is 1.00 bits per heavy atom. The third-order valence-electron chi connectivity index (χ3n) is 7.52. The molecule has 38 heavy (non-hydrogen) atoms. The Labute approximate surface area is 219 Å². The SMILES string of the molecule is COc1c(OC)c2ccc(-c3cccc4c(C)c[nH]c34)nc2c2nc(-c3cccc4c(C)c[nH]c34)ccc12. The number of fused-ring (bicyclic) bond motifs is 5. The van der Waals surface area contributed by atoms with Crippen LogP contribution in [0.2, 0.25) is 0 Å². The molecule has 3 aromatic carbocycles. The van der Waals surface area contributed by atoms with Gasteiger partial charge in [-0.05, 0) is 49.2 Å². The number of hydrogen-bond acceptors (Lipinski definition) is 4. The Balaban J connectivity index is 1.55. The number of rotatable bonds is 4. The molecule has 186 valence electrons. The van der Waals surface area contributed by atoms with Crippen molar-refractivity contribution >= 4 is 43.6 Å². The molecule has 0 unspecified atom stereocenters. The van der Waals surface area contributed by atoms with Crippen molar-refractivity contribution < 1.29 is 9.47 Å². The zero-order valence-electron chi connectivity index (χ0n) is 21.6. The van der Waals surface area contributed by atoms with Crippen LogP contribution in [-0.2, 0) is 0 Å². The number of para-hydroxylation sites is 2. The molecule has 2 N–H and O–H groups in total. The highest BCUT2D eigenvalue weighted by Crippen LogP contribution is 2.44. The largest absolute Gasteiger partial charge is 0.492 e. The first-order valence-electron chi connectivity index (χ1n) is 12.6. The van der Waals surface area contributed by atoms with Gasteiger partial charge in [0.1, 0.15) is 11.0 Å². The van der Waals surface area contributed by atoms with Gasteiger partial charge in [-0.25, -0.2) is 9.97 Å².